The summed E-state index contributed by atoms with van der Waals surface area (Å²) in [7, 11) is 0. The van der Waals surface area contributed by atoms with Gasteiger partial charge in [0.2, 0.25) is 0 Å². The first-order valence-electron chi connectivity index (χ1n) is 8.71. The van der Waals surface area contributed by atoms with Gasteiger partial charge in [-0.1, -0.05) is 36.4 Å². The van der Waals surface area contributed by atoms with Gasteiger partial charge in [-0.15, -0.1) is 0 Å². The molecule has 5 heteroatoms. The highest BCUT2D eigenvalue weighted by Crippen LogP contribution is 2.23. The average Bonchev–Trinajstić information content (AvgIpc) is 2.96. The minimum Gasteiger partial charge on any atom is -0.382 e. The first-order chi connectivity index (χ1) is 12.3. The molecule has 1 aliphatic heterocycles. The third kappa shape index (κ3) is 3.62. The van der Waals surface area contributed by atoms with Crippen LogP contribution in [0.1, 0.15) is 35.2 Å². The molecule has 1 N–H and O–H groups in total. The van der Waals surface area contributed by atoms with Crippen LogP contribution in [0.5, 0.6) is 0 Å². The lowest BCUT2D eigenvalue weighted by Crippen LogP contribution is -2.23. The van der Waals surface area contributed by atoms with E-state index in [9.17, 15) is 5.11 Å². The summed E-state index contributed by atoms with van der Waals surface area (Å²) in [5, 5.41) is 15.3. The van der Waals surface area contributed by atoms with Gasteiger partial charge in [0, 0.05) is 32.4 Å². The molecule has 0 aliphatic carbocycles. The summed E-state index contributed by atoms with van der Waals surface area (Å²) in [4.78, 5) is 6.82. The van der Waals surface area contributed by atoms with Crippen LogP contribution in [0.15, 0.2) is 60.8 Å². The molecule has 128 valence electrons. The molecule has 3 heterocycles. The highest BCUT2D eigenvalue weighted by molar-refractivity contribution is 5.26. The van der Waals surface area contributed by atoms with E-state index in [1.54, 1.807) is 0 Å². The van der Waals surface area contributed by atoms with Crippen LogP contribution in [0.2, 0.25) is 0 Å². The summed E-state index contributed by atoms with van der Waals surface area (Å²) in [6, 6.07) is 17.8. The smallest absolute Gasteiger partial charge is 0.123 e. The highest BCUT2D eigenvalue weighted by atomic mass is 16.3. The van der Waals surface area contributed by atoms with Crippen LogP contribution in [0.25, 0.3) is 0 Å². The average molecular weight is 334 g/mol. The Labute approximate surface area is 147 Å². The molecule has 25 heavy (non-hydrogen) atoms. The van der Waals surface area contributed by atoms with Gasteiger partial charge >= 0.3 is 0 Å². The van der Waals surface area contributed by atoms with Crippen LogP contribution in [-0.4, -0.2) is 31.3 Å². The van der Waals surface area contributed by atoms with E-state index in [-0.39, 0.29) is 0 Å². The number of fused-ring (bicyclic) bond motifs is 1. The van der Waals surface area contributed by atoms with E-state index in [1.807, 2.05) is 59.4 Å². The second-order valence-corrected chi connectivity index (χ2v) is 6.48. The lowest BCUT2D eigenvalue weighted by atomic mass is 10.1. The van der Waals surface area contributed by atoms with E-state index in [4.69, 9.17) is 0 Å². The molecule has 1 atom stereocenters. The largest absolute Gasteiger partial charge is 0.382 e. The zero-order valence-electron chi connectivity index (χ0n) is 14.1. The molecule has 0 fully saturated rings. The van der Waals surface area contributed by atoms with Crippen molar-refractivity contribution in [2.75, 3.05) is 6.54 Å². The minimum absolute atomic E-state index is 0.676. The lowest BCUT2D eigenvalue weighted by molar-refractivity contribution is 0.213. The minimum atomic E-state index is -0.676. The number of rotatable bonds is 4. The normalized spacial score (nSPS) is 16.2. The molecular formula is C20H22N4O. The molecule has 0 spiro atoms. The topological polar surface area (TPSA) is 54.2 Å². The van der Waals surface area contributed by atoms with Gasteiger partial charge in [0.05, 0.1) is 17.1 Å². The summed E-state index contributed by atoms with van der Waals surface area (Å²) in [5.41, 5.74) is 3.83. The Morgan fingerprint density at radius 2 is 1.88 bits per heavy atom. The number of hydrogen-bond acceptors (Lipinski definition) is 4. The van der Waals surface area contributed by atoms with Crippen molar-refractivity contribution < 1.29 is 5.11 Å². The van der Waals surface area contributed by atoms with E-state index in [0.717, 1.165) is 55.2 Å². The van der Waals surface area contributed by atoms with Gasteiger partial charge < -0.3 is 5.11 Å². The summed E-state index contributed by atoms with van der Waals surface area (Å²) in [6.45, 7) is 3.57. The van der Waals surface area contributed by atoms with Crippen LogP contribution in [0, 0.1) is 0 Å². The molecule has 0 radical (unpaired) electrons. The molecule has 0 saturated carbocycles. The van der Waals surface area contributed by atoms with Crippen molar-refractivity contribution in [1.82, 2.24) is 19.7 Å². The molecular weight excluding hydrogens is 312 g/mol. The Morgan fingerprint density at radius 3 is 2.68 bits per heavy atom. The third-order valence-corrected chi connectivity index (χ3v) is 4.62. The molecule has 0 amide bonds. The summed E-state index contributed by atoms with van der Waals surface area (Å²) in [5.74, 6) is 0. The predicted octanol–water partition coefficient (Wildman–Crippen LogP) is 2.77. The number of aromatic nitrogens is 3. The quantitative estimate of drug-likeness (QED) is 0.797. The SMILES string of the molecule is OC(c1ccccc1)c1cc2n(n1)CCCN(Cc1ccccn1)C2. The van der Waals surface area contributed by atoms with E-state index < -0.39 is 6.10 Å². The number of pyridine rings is 1. The molecule has 1 aliphatic rings. The van der Waals surface area contributed by atoms with Gasteiger partial charge in [-0.25, -0.2) is 0 Å². The van der Waals surface area contributed by atoms with E-state index in [0.29, 0.717) is 0 Å². The number of aryl methyl sites for hydroxylation is 1. The fraction of sp³-hybridized carbons (Fsp3) is 0.300. The summed E-state index contributed by atoms with van der Waals surface area (Å²) >= 11 is 0. The molecule has 1 unspecified atom stereocenters. The number of aliphatic hydroxyl groups excluding tert-OH is 1. The summed E-state index contributed by atoms with van der Waals surface area (Å²) in [6.07, 6.45) is 2.21. The molecule has 0 saturated heterocycles. The Morgan fingerprint density at radius 1 is 1.04 bits per heavy atom. The Kier molecular flexibility index (Phi) is 4.59. The Balaban J connectivity index is 1.53. The van der Waals surface area contributed by atoms with Crippen molar-refractivity contribution in [2.24, 2.45) is 0 Å². The van der Waals surface area contributed by atoms with Gasteiger partial charge in [0.1, 0.15) is 6.10 Å². The first kappa shape index (κ1) is 16.0. The van der Waals surface area contributed by atoms with Crippen molar-refractivity contribution in [3.63, 3.8) is 0 Å². The monoisotopic (exact) mass is 334 g/mol. The van der Waals surface area contributed by atoms with Crippen LogP contribution in [0.3, 0.4) is 0 Å². The molecule has 2 aromatic heterocycles. The first-order valence-corrected chi connectivity index (χ1v) is 8.71. The molecule has 5 nitrogen and oxygen atoms in total. The van der Waals surface area contributed by atoms with E-state index in [2.05, 4.69) is 21.0 Å². The Hall–Kier alpha value is -2.50. The van der Waals surface area contributed by atoms with Crippen LogP contribution in [-0.2, 0) is 19.6 Å². The maximum atomic E-state index is 10.6. The number of aliphatic hydroxyl groups is 1. The van der Waals surface area contributed by atoms with Crippen molar-refractivity contribution in [1.29, 1.82) is 0 Å². The van der Waals surface area contributed by atoms with E-state index >= 15 is 0 Å². The second kappa shape index (κ2) is 7.17. The van der Waals surface area contributed by atoms with Gasteiger partial charge in [-0.05, 0) is 30.2 Å². The zero-order chi connectivity index (χ0) is 17.1. The fourth-order valence-corrected chi connectivity index (χ4v) is 3.35. The van der Waals surface area contributed by atoms with Crippen LogP contribution in [0.4, 0.5) is 0 Å². The number of benzene rings is 1. The van der Waals surface area contributed by atoms with Crippen molar-refractivity contribution >= 4 is 0 Å². The van der Waals surface area contributed by atoms with Crippen LogP contribution < -0.4 is 0 Å². The molecule has 1 aromatic carbocycles. The van der Waals surface area contributed by atoms with Gasteiger partial charge in [0.15, 0.2) is 0 Å². The molecule has 4 rings (SSSR count). The summed E-state index contributed by atoms with van der Waals surface area (Å²) < 4.78 is 2.04. The van der Waals surface area contributed by atoms with Crippen molar-refractivity contribution in [3.05, 3.63) is 83.4 Å². The standard InChI is InChI=1S/C20H22N4O/c25-20(16-7-2-1-3-8-16)19-13-18-15-23(11-6-12-24(18)22-19)14-17-9-4-5-10-21-17/h1-5,7-10,13,20,25H,6,11-12,14-15H2. The van der Waals surface area contributed by atoms with Gasteiger partial charge in [-0.3, -0.25) is 14.6 Å². The fourth-order valence-electron chi connectivity index (χ4n) is 3.35. The lowest BCUT2D eigenvalue weighted by Gasteiger charge is -2.18. The zero-order valence-corrected chi connectivity index (χ0v) is 14.1. The number of hydrogen-bond donors (Lipinski definition) is 1. The molecule has 3 aromatic rings. The second-order valence-electron chi connectivity index (χ2n) is 6.48. The maximum Gasteiger partial charge on any atom is 0.123 e. The van der Waals surface area contributed by atoms with Crippen LogP contribution >= 0.6 is 0 Å². The predicted molar refractivity (Wildman–Crippen MR) is 95.7 cm³/mol. The number of nitrogens with zero attached hydrogens (tertiary/aromatic N) is 4. The Bertz CT molecular complexity index is 816. The maximum absolute atomic E-state index is 10.6. The van der Waals surface area contributed by atoms with Crippen molar-refractivity contribution in [2.45, 2.75) is 32.2 Å². The van der Waals surface area contributed by atoms with Gasteiger partial charge in [-0.2, -0.15) is 5.10 Å². The van der Waals surface area contributed by atoms with E-state index in [1.165, 1.54) is 0 Å². The van der Waals surface area contributed by atoms with Gasteiger partial charge in [0.25, 0.3) is 0 Å². The van der Waals surface area contributed by atoms with Crippen molar-refractivity contribution in [3.8, 4) is 0 Å². The highest BCUT2D eigenvalue weighted by Gasteiger charge is 2.20. The molecule has 0 bridgehead atoms. The third-order valence-electron chi connectivity index (χ3n) is 4.62.